The second-order valence-electron chi connectivity index (χ2n) is 7.56. The second kappa shape index (κ2) is 8.25. The normalized spacial score (nSPS) is 19.6. The molecule has 1 saturated heterocycles. The monoisotopic (exact) mass is 393 g/mol. The molecule has 0 unspecified atom stereocenters. The van der Waals surface area contributed by atoms with Crippen LogP contribution in [0.4, 0.5) is 0 Å². The lowest BCUT2D eigenvalue weighted by atomic mass is 10.1. The third kappa shape index (κ3) is 3.85. The number of morpholine rings is 1. The van der Waals surface area contributed by atoms with Crippen molar-refractivity contribution in [2.45, 2.75) is 45.6 Å². The third-order valence-corrected chi connectivity index (χ3v) is 5.57. The summed E-state index contributed by atoms with van der Waals surface area (Å²) in [7, 11) is 0. The summed E-state index contributed by atoms with van der Waals surface area (Å²) in [5.41, 5.74) is 2.82. The third-order valence-electron chi connectivity index (χ3n) is 5.57. The maximum Gasteiger partial charge on any atom is 0.329 e. The summed E-state index contributed by atoms with van der Waals surface area (Å²) in [4.78, 5) is 27.6. The number of benzene rings is 2. The minimum atomic E-state index is -0.117. The van der Waals surface area contributed by atoms with Gasteiger partial charge in [0.1, 0.15) is 6.10 Å². The number of nitrogens with zero attached hydrogens (tertiary/aromatic N) is 3. The SMILES string of the molecule is CCn1c(=O)n(CCC(=O)N2C[C@H](C)O[C@@H](c3ccccc3)C2)c2ccccc21. The van der Waals surface area contributed by atoms with Crippen molar-refractivity contribution in [3.63, 3.8) is 0 Å². The van der Waals surface area contributed by atoms with Gasteiger partial charge in [-0.15, -0.1) is 0 Å². The fourth-order valence-corrected chi connectivity index (χ4v) is 4.17. The average Bonchev–Trinajstić information content (AvgIpc) is 3.02. The van der Waals surface area contributed by atoms with Crippen molar-refractivity contribution in [1.82, 2.24) is 14.0 Å². The second-order valence-corrected chi connectivity index (χ2v) is 7.56. The number of carbonyl (C=O) groups excluding carboxylic acids is 1. The average molecular weight is 393 g/mol. The summed E-state index contributed by atoms with van der Waals surface area (Å²) < 4.78 is 9.53. The van der Waals surface area contributed by atoms with E-state index in [4.69, 9.17) is 4.74 Å². The molecule has 29 heavy (non-hydrogen) atoms. The molecule has 1 aliphatic rings. The van der Waals surface area contributed by atoms with E-state index < -0.39 is 0 Å². The molecule has 2 atom stereocenters. The Morgan fingerprint density at radius 1 is 1.00 bits per heavy atom. The lowest BCUT2D eigenvalue weighted by Gasteiger charge is -2.37. The van der Waals surface area contributed by atoms with E-state index in [1.165, 1.54) is 0 Å². The van der Waals surface area contributed by atoms with Gasteiger partial charge in [0.2, 0.25) is 5.91 Å². The molecule has 2 heterocycles. The molecule has 6 heteroatoms. The topological polar surface area (TPSA) is 56.5 Å². The van der Waals surface area contributed by atoms with Gasteiger partial charge in [-0.05, 0) is 31.5 Å². The Hall–Kier alpha value is -2.86. The van der Waals surface area contributed by atoms with E-state index in [-0.39, 0.29) is 23.8 Å². The van der Waals surface area contributed by atoms with Crippen molar-refractivity contribution in [3.8, 4) is 0 Å². The first-order valence-electron chi connectivity index (χ1n) is 10.2. The molecule has 0 aliphatic carbocycles. The molecule has 0 saturated carbocycles. The number of rotatable bonds is 5. The molecular weight excluding hydrogens is 366 g/mol. The quantitative estimate of drug-likeness (QED) is 0.669. The fourth-order valence-electron chi connectivity index (χ4n) is 4.17. The summed E-state index contributed by atoms with van der Waals surface area (Å²) in [6, 6.07) is 17.8. The van der Waals surface area contributed by atoms with Crippen LogP contribution in [0.5, 0.6) is 0 Å². The van der Waals surface area contributed by atoms with Crippen molar-refractivity contribution in [2.75, 3.05) is 13.1 Å². The first-order chi connectivity index (χ1) is 14.1. The molecule has 3 aromatic rings. The maximum absolute atomic E-state index is 13.0. The van der Waals surface area contributed by atoms with Crippen LogP contribution in [0.25, 0.3) is 11.0 Å². The van der Waals surface area contributed by atoms with E-state index >= 15 is 0 Å². The lowest BCUT2D eigenvalue weighted by molar-refractivity contribution is -0.145. The van der Waals surface area contributed by atoms with Crippen LogP contribution < -0.4 is 5.69 Å². The number of para-hydroxylation sites is 2. The summed E-state index contributed by atoms with van der Waals surface area (Å²) in [5.74, 6) is 0.0568. The van der Waals surface area contributed by atoms with Gasteiger partial charge >= 0.3 is 5.69 Å². The van der Waals surface area contributed by atoms with Crippen LogP contribution in [0.1, 0.15) is 31.9 Å². The van der Waals surface area contributed by atoms with Crippen LogP contribution in [-0.2, 0) is 22.6 Å². The highest BCUT2D eigenvalue weighted by molar-refractivity contribution is 5.78. The zero-order valence-corrected chi connectivity index (χ0v) is 17.0. The number of amides is 1. The minimum absolute atomic E-state index is 0.0253. The largest absolute Gasteiger partial charge is 0.367 e. The van der Waals surface area contributed by atoms with Gasteiger partial charge < -0.3 is 9.64 Å². The number of hydrogen-bond donors (Lipinski definition) is 0. The van der Waals surface area contributed by atoms with Crippen molar-refractivity contribution in [3.05, 3.63) is 70.6 Å². The number of fused-ring (bicyclic) bond motifs is 1. The van der Waals surface area contributed by atoms with Gasteiger partial charge in [-0.25, -0.2) is 4.79 Å². The predicted octanol–water partition coefficient (Wildman–Crippen LogP) is 3.20. The molecule has 6 nitrogen and oxygen atoms in total. The van der Waals surface area contributed by atoms with Crippen LogP contribution >= 0.6 is 0 Å². The highest BCUT2D eigenvalue weighted by Gasteiger charge is 2.29. The Bertz CT molecular complexity index is 1050. The number of carbonyl (C=O) groups is 1. The van der Waals surface area contributed by atoms with Gasteiger partial charge in [-0.3, -0.25) is 13.9 Å². The number of ether oxygens (including phenoxy) is 1. The molecule has 1 fully saturated rings. The standard InChI is InChI=1S/C23H27N3O3/c1-3-25-19-11-7-8-12-20(19)26(23(25)28)14-13-22(27)24-15-17(2)29-21(16-24)18-9-5-4-6-10-18/h4-12,17,21H,3,13-16H2,1-2H3/t17-,21+/m0/s1. The van der Waals surface area contributed by atoms with Gasteiger partial charge in [0.25, 0.3) is 0 Å². The molecule has 0 spiro atoms. The Kier molecular flexibility index (Phi) is 5.53. The van der Waals surface area contributed by atoms with Gasteiger partial charge in [-0.2, -0.15) is 0 Å². The van der Waals surface area contributed by atoms with E-state index in [0.29, 0.717) is 32.6 Å². The highest BCUT2D eigenvalue weighted by atomic mass is 16.5. The Morgan fingerprint density at radius 2 is 1.66 bits per heavy atom. The van der Waals surface area contributed by atoms with Gasteiger partial charge in [0, 0.05) is 26.1 Å². The number of imidazole rings is 1. The van der Waals surface area contributed by atoms with Crippen LogP contribution in [0.3, 0.4) is 0 Å². The number of aromatic nitrogens is 2. The maximum atomic E-state index is 13.0. The molecule has 4 rings (SSSR count). The van der Waals surface area contributed by atoms with E-state index in [9.17, 15) is 9.59 Å². The Labute approximate surface area is 170 Å². The molecule has 2 aromatic carbocycles. The van der Waals surface area contributed by atoms with Gasteiger partial charge in [0.05, 0.1) is 23.7 Å². The van der Waals surface area contributed by atoms with E-state index in [1.54, 1.807) is 9.13 Å². The number of hydrogen-bond acceptors (Lipinski definition) is 3. The number of aryl methyl sites for hydroxylation is 2. The minimum Gasteiger partial charge on any atom is -0.367 e. The van der Waals surface area contributed by atoms with Gasteiger partial charge in [0.15, 0.2) is 0 Å². The first kappa shape index (κ1) is 19.5. The van der Waals surface area contributed by atoms with Crippen molar-refractivity contribution in [1.29, 1.82) is 0 Å². The highest BCUT2D eigenvalue weighted by Crippen LogP contribution is 2.25. The van der Waals surface area contributed by atoms with Crippen molar-refractivity contribution in [2.24, 2.45) is 0 Å². The van der Waals surface area contributed by atoms with E-state index in [0.717, 1.165) is 16.6 Å². The smallest absolute Gasteiger partial charge is 0.329 e. The molecule has 1 amide bonds. The summed E-state index contributed by atoms with van der Waals surface area (Å²) in [6.07, 6.45) is 0.155. The molecule has 0 radical (unpaired) electrons. The van der Waals surface area contributed by atoms with Crippen LogP contribution in [0, 0.1) is 0 Å². The van der Waals surface area contributed by atoms with Crippen LogP contribution in [0.15, 0.2) is 59.4 Å². The molecule has 152 valence electrons. The first-order valence-corrected chi connectivity index (χ1v) is 10.2. The van der Waals surface area contributed by atoms with Crippen LogP contribution in [-0.4, -0.2) is 39.1 Å². The predicted molar refractivity (Wildman–Crippen MR) is 113 cm³/mol. The van der Waals surface area contributed by atoms with Crippen LogP contribution in [0.2, 0.25) is 0 Å². The van der Waals surface area contributed by atoms with E-state index in [1.807, 2.05) is 73.3 Å². The van der Waals surface area contributed by atoms with Crippen molar-refractivity contribution < 1.29 is 9.53 Å². The zero-order valence-electron chi connectivity index (χ0n) is 17.0. The summed E-state index contributed by atoms with van der Waals surface area (Å²) >= 11 is 0. The van der Waals surface area contributed by atoms with Gasteiger partial charge in [-0.1, -0.05) is 42.5 Å². The zero-order chi connectivity index (χ0) is 20.4. The Balaban J connectivity index is 1.49. The molecule has 0 N–H and O–H groups in total. The van der Waals surface area contributed by atoms with Crippen molar-refractivity contribution >= 4 is 16.9 Å². The molecule has 1 aromatic heterocycles. The van der Waals surface area contributed by atoms with E-state index in [2.05, 4.69) is 0 Å². The summed E-state index contributed by atoms with van der Waals surface area (Å²) in [5, 5.41) is 0. The summed E-state index contributed by atoms with van der Waals surface area (Å²) in [6.45, 7) is 6.07. The molecular formula is C23H27N3O3. The fraction of sp³-hybridized carbons (Fsp3) is 0.391. The molecule has 1 aliphatic heterocycles. The lowest BCUT2D eigenvalue weighted by Crippen LogP contribution is -2.46. The molecule has 0 bridgehead atoms. The Morgan fingerprint density at radius 3 is 2.34 bits per heavy atom.